The highest BCUT2D eigenvalue weighted by Crippen LogP contribution is 2.65. The minimum Gasteiger partial charge on any atom is -0.494 e. The molecular weight excluding hydrogens is 464 g/mol. The molecule has 1 fully saturated rings. The summed E-state index contributed by atoms with van der Waals surface area (Å²) in [5.41, 5.74) is 0.910. The van der Waals surface area contributed by atoms with Crippen LogP contribution in [0.5, 0.6) is 17.5 Å². The van der Waals surface area contributed by atoms with Crippen LogP contribution in [0, 0.1) is 11.3 Å². The van der Waals surface area contributed by atoms with E-state index in [2.05, 4.69) is 6.07 Å². The lowest BCUT2D eigenvalue weighted by Gasteiger charge is -2.26. The zero-order chi connectivity index (χ0) is 24.4. The Labute approximate surface area is 207 Å². The van der Waals surface area contributed by atoms with Gasteiger partial charge in [-0.05, 0) is 50.1 Å². The molecule has 0 aliphatic carbocycles. The third-order valence-electron chi connectivity index (χ3n) is 7.36. The average Bonchev–Trinajstić information content (AvgIpc) is 3.43. The van der Waals surface area contributed by atoms with Crippen LogP contribution in [-0.2, 0) is 15.9 Å². The monoisotopic (exact) mass is 486 g/mol. The van der Waals surface area contributed by atoms with Crippen LogP contribution in [-0.4, -0.2) is 21.4 Å². The molecule has 1 aromatic heterocycles. The first-order chi connectivity index (χ1) is 16.9. The number of hydrogen-bond acceptors (Lipinski definition) is 5. The highest BCUT2D eigenvalue weighted by atomic mass is 35.5. The summed E-state index contributed by atoms with van der Waals surface area (Å²) in [7, 11) is 0. The van der Waals surface area contributed by atoms with Gasteiger partial charge in [0.15, 0.2) is 0 Å². The molecule has 176 valence electrons. The van der Waals surface area contributed by atoms with E-state index >= 15 is 0 Å². The molecule has 0 amide bonds. The Kier molecular flexibility index (Phi) is 4.79. The van der Waals surface area contributed by atoms with E-state index < -0.39 is 11.2 Å². The molecule has 2 atom stereocenters. The maximum atomic E-state index is 11.5. The molecule has 6 nitrogen and oxygen atoms in total. The highest BCUT2D eigenvalue weighted by Gasteiger charge is 2.61. The number of nitriles is 1. The summed E-state index contributed by atoms with van der Waals surface area (Å²) in [6.07, 6.45) is 1.94. The number of aromatic nitrogens is 1. The van der Waals surface area contributed by atoms with Crippen LogP contribution in [0.4, 0.5) is 0 Å². The van der Waals surface area contributed by atoms with Crippen molar-refractivity contribution in [1.82, 2.24) is 4.57 Å². The number of hydrogen-bond donors (Lipinski definition) is 2. The van der Waals surface area contributed by atoms with E-state index in [1.807, 2.05) is 43.3 Å². The Bertz CT molecular complexity index is 1540. The van der Waals surface area contributed by atoms with Crippen LogP contribution in [0.3, 0.4) is 0 Å². The summed E-state index contributed by atoms with van der Waals surface area (Å²) in [5, 5.41) is 34.6. The molecule has 1 saturated heterocycles. The Hall–Kier alpha value is -3.66. The molecule has 0 radical (unpaired) electrons. The quantitative estimate of drug-likeness (QED) is 0.347. The first kappa shape index (κ1) is 21.8. The lowest BCUT2D eigenvalue weighted by Crippen LogP contribution is -2.25. The predicted octanol–water partition coefficient (Wildman–Crippen LogP) is 6.27. The van der Waals surface area contributed by atoms with Crippen molar-refractivity contribution in [3.05, 3.63) is 82.4 Å². The summed E-state index contributed by atoms with van der Waals surface area (Å²) in [5.74, 6) is 0.590. The first-order valence-corrected chi connectivity index (χ1v) is 11.9. The second-order valence-electron chi connectivity index (χ2n) is 9.41. The Balaban J connectivity index is 1.44. The molecular formula is C28H23ClN2O4. The topological polar surface area (TPSA) is 87.6 Å². The standard InChI is InChI=1S/C28H23ClN2O4/c1-27-11-12-28(35-27,13-14-34-19-6-4-5-18(29)15-19)24-23(27)25(32)31(26(24)33)22-10-9-17(16-30)20-7-2-3-8-21(20)22/h2-10,15,32-33H,11-14H2,1H3/t27-,28-/m1/s1. The van der Waals surface area contributed by atoms with Crippen LogP contribution in [0.15, 0.2) is 60.7 Å². The maximum Gasteiger partial charge on any atom is 0.205 e. The fraction of sp³-hybridized carbons (Fsp3) is 0.250. The third kappa shape index (κ3) is 3.12. The van der Waals surface area contributed by atoms with Crippen molar-refractivity contribution < 1.29 is 19.7 Å². The van der Waals surface area contributed by atoms with Gasteiger partial charge < -0.3 is 19.7 Å². The second kappa shape index (κ2) is 7.67. The Morgan fingerprint density at radius 3 is 2.57 bits per heavy atom. The Morgan fingerprint density at radius 2 is 1.80 bits per heavy atom. The van der Waals surface area contributed by atoms with E-state index in [-0.39, 0.29) is 11.8 Å². The van der Waals surface area contributed by atoms with E-state index in [0.717, 1.165) is 17.2 Å². The molecule has 0 unspecified atom stereocenters. The van der Waals surface area contributed by atoms with Gasteiger partial charge in [0, 0.05) is 22.2 Å². The minimum atomic E-state index is -0.766. The van der Waals surface area contributed by atoms with E-state index in [0.29, 0.717) is 52.6 Å². The van der Waals surface area contributed by atoms with Crippen molar-refractivity contribution in [3.8, 4) is 29.3 Å². The minimum absolute atomic E-state index is 0.0350. The lowest BCUT2D eigenvalue weighted by atomic mass is 9.78. The van der Waals surface area contributed by atoms with E-state index in [9.17, 15) is 15.5 Å². The zero-order valence-corrected chi connectivity index (χ0v) is 19.8. The van der Waals surface area contributed by atoms with Gasteiger partial charge in [-0.15, -0.1) is 0 Å². The van der Waals surface area contributed by atoms with Crippen LogP contribution in [0.2, 0.25) is 5.02 Å². The molecule has 2 bridgehead atoms. The van der Waals surface area contributed by atoms with Gasteiger partial charge in [-0.25, -0.2) is 0 Å². The van der Waals surface area contributed by atoms with Gasteiger partial charge in [0.25, 0.3) is 0 Å². The van der Waals surface area contributed by atoms with Gasteiger partial charge in [0.05, 0.1) is 40.7 Å². The summed E-state index contributed by atoms with van der Waals surface area (Å²) < 4.78 is 13.9. The lowest BCUT2D eigenvalue weighted by molar-refractivity contribution is -0.0876. The molecule has 2 aliphatic rings. The summed E-state index contributed by atoms with van der Waals surface area (Å²) >= 11 is 6.07. The number of nitrogens with zero attached hydrogens (tertiary/aromatic N) is 2. The fourth-order valence-electron chi connectivity index (χ4n) is 5.80. The van der Waals surface area contributed by atoms with Crippen LogP contribution in [0.25, 0.3) is 16.5 Å². The fourth-order valence-corrected chi connectivity index (χ4v) is 5.98. The van der Waals surface area contributed by atoms with Crippen molar-refractivity contribution in [1.29, 1.82) is 5.26 Å². The highest BCUT2D eigenvalue weighted by molar-refractivity contribution is 6.30. The number of aromatic hydroxyl groups is 2. The van der Waals surface area contributed by atoms with Crippen molar-refractivity contribution in [2.45, 2.75) is 37.4 Å². The molecule has 4 aromatic rings. The predicted molar refractivity (Wildman–Crippen MR) is 132 cm³/mol. The first-order valence-electron chi connectivity index (χ1n) is 11.6. The second-order valence-corrected chi connectivity index (χ2v) is 9.84. The van der Waals surface area contributed by atoms with Gasteiger partial charge in [-0.1, -0.05) is 41.9 Å². The van der Waals surface area contributed by atoms with Gasteiger partial charge in [0.1, 0.15) is 11.4 Å². The Morgan fingerprint density at radius 1 is 1.03 bits per heavy atom. The molecule has 35 heavy (non-hydrogen) atoms. The molecule has 3 aromatic carbocycles. The molecule has 0 spiro atoms. The number of rotatable bonds is 5. The van der Waals surface area contributed by atoms with Crippen molar-refractivity contribution in [3.63, 3.8) is 0 Å². The van der Waals surface area contributed by atoms with Gasteiger partial charge in [0.2, 0.25) is 11.8 Å². The van der Waals surface area contributed by atoms with Gasteiger partial charge >= 0.3 is 0 Å². The molecule has 7 heteroatoms. The van der Waals surface area contributed by atoms with Crippen LogP contribution in [0.1, 0.15) is 42.9 Å². The van der Waals surface area contributed by atoms with Crippen molar-refractivity contribution in [2.75, 3.05) is 6.61 Å². The van der Waals surface area contributed by atoms with E-state index in [4.69, 9.17) is 21.1 Å². The summed E-state index contributed by atoms with van der Waals surface area (Å²) in [6, 6.07) is 20.4. The normalized spacial score (nSPS) is 22.3. The SMILES string of the molecule is C[C@]12CC[C@](CCOc3cccc(Cl)c3)(O1)c1c2c(O)n(-c2ccc(C#N)c3ccccc23)c1O. The number of halogens is 1. The molecule has 2 aliphatic heterocycles. The third-order valence-corrected chi connectivity index (χ3v) is 7.60. The summed E-state index contributed by atoms with van der Waals surface area (Å²) in [6.45, 7) is 2.32. The zero-order valence-electron chi connectivity index (χ0n) is 19.1. The van der Waals surface area contributed by atoms with E-state index in [1.165, 1.54) is 4.57 Å². The molecule has 6 rings (SSSR count). The smallest absolute Gasteiger partial charge is 0.205 e. The van der Waals surface area contributed by atoms with E-state index in [1.54, 1.807) is 24.3 Å². The maximum absolute atomic E-state index is 11.5. The van der Waals surface area contributed by atoms with Gasteiger partial charge in [-0.3, -0.25) is 4.57 Å². The molecule has 3 heterocycles. The number of fused-ring (bicyclic) bond motifs is 6. The number of benzene rings is 3. The average molecular weight is 487 g/mol. The van der Waals surface area contributed by atoms with Crippen molar-refractivity contribution >= 4 is 22.4 Å². The molecule has 0 saturated carbocycles. The molecule has 2 N–H and O–H groups in total. The number of ether oxygens (including phenoxy) is 2. The van der Waals surface area contributed by atoms with Gasteiger partial charge in [-0.2, -0.15) is 5.26 Å². The van der Waals surface area contributed by atoms with Crippen molar-refractivity contribution in [2.24, 2.45) is 0 Å². The summed E-state index contributed by atoms with van der Waals surface area (Å²) in [4.78, 5) is 0. The largest absolute Gasteiger partial charge is 0.494 e. The van der Waals surface area contributed by atoms with Crippen LogP contribution >= 0.6 is 11.6 Å². The van der Waals surface area contributed by atoms with Crippen LogP contribution < -0.4 is 4.74 Å².